The van der Waals surface area contributed by atoms with Crippen LogP contribution in [0.25, 0.3) is 5.69 Å². The Morgan fingerprint density at radius 2 is 1.96 bits per heavy atom. The van der Waals surface area contributed by atoms with Gasteiger partial charge in [-0.3, -0.25) is 4.79 Å². The van der Waals surface area contributed by atoms with E-state index < -0.39 is 0 Å². The van der Waals surface area contributed by atoms with Crippen molar-refractivity contribution in [2.45, 2.75) is 18.4 Å². The fourth-order valence-electron chi connectivity index (χ4n) is 3.13. The molecule has 1 N–H and O–H groups in total. The third-order valence-corrected chi connectivity index (χ3v) is 4.53. The van der Waals surface area contributed by atoms with E-state index in [1.165, 1.54) is 0 Å². The first-order chi connectivity index (χ1) is 11.3. The largest absolute Gasteiger partial charge is 0.363 e. The van der Waals surface area contributed by atoms with E-state index in [1.807, 2.05) is 30.3 Å². The van der Waals surface area contributed by atoms with Gasteiger partial charge in [0, 0.05) is 19.6 Å². The Hall–Kier alpha value is -2.48. The van der Waals surface area contributed by atoms with Crippen molar-refractivity contribution in [3.8, 4) is 5.69 Å². The summed E-state index contributed by atoms with van der Waals surface area (Å²) in [6, 6.07) is 9.85. The van der Waals surface area contributed by atoms with Crippen LogP contribution in [-0.2, 0) is 9.53 Å². The van der Waals surface area contributed by atoms with Crippen LogP contribution in [0.4, 0.5) is 5.95 Å². The number of aromatic nitrogens is 4. The van der Waals surface area contributed by atoms with E-state index in [0.717, 1.165) is 37.6 Å². The number of benzene rings is 1. The van der Waals surface area contributed by atoms with Crippen molar-refractivity contribution >= 4 is 11.9 Å². The van der Waals surface area contributed by atoms with Crippen LogP contribution in [0.5, 0.6) is 0 Å². The Kier molecular flexibility index (Phi) is 3.45. The number of para-hydroxylation sites is 1. The van der Waals surface area contributed by atoms with Crippen LogP contribution in [0, 0.1) is 0 Å². The number of ether oxygens (including phenoxy) is 1. The molecule has 0 unspecified atom stereocenters. The van der Waals surface area contributed by atoms with E-state index in [4.69, 9.17) is 4.74 Å². The van der Waals surface area contributed by atoms with E-state index in [0.29, 0.717) is 6.54 Å². The number of amides is 1. The number of tetrazole rings is 1. The molecule has 2 fully saturated rings. The smallest absolute Gasteiger partial charge is 0.250 e. The Labute approximate surface area is 133 Å². The van der Waals surface area contributed by atoms with Crippen molar-refractivity contribution in [1.29, 1.82) is 0 Å². The molecule has 1 aromatic heterocycles. The van der Waals surface area contributed by atoms with Gasteiger partial charge in [-0.1, -0.05) is 23.3 Å². The number of carbonyl (C=O) groups excluding carboxylic acids is 1. The van der Waals surface area contributed by atoms with Gasteiger partial charge in [0.1, 0.15) is 6.61 Å². The van der Waals surface area contributed by atoms with Crippen LogP contribution < -0.4 is 10.2 Å². The van der Waals surface area contributed by atoms with Crippen molar-refractivity contribution < 1.29 is 9.53 Å². The third-order valence-electron chi connectivity index (χ3n) is 4.53. The van der Waals surface area contributed by atoms with Crippen molar-refractivity contribution in [2.75, 3.05) is 31.1 Å². The molecule has 2 aliphatic heterocycles. The number of nitrogens with zero attached hydrogens (tertiary/aromatic N) is 5. The zero-order valence-electron chi connectivity index (χ0n) is 12.7. The Morgan fingerprint density at radius 3 is 2.65 bits per heavy atom. The second-order valence-corrected chi connectivity index (χ2v) is 5.96. The van der Waals surface area contributed by atoms with Gasteiger partial charge in [-0.05, 0) is 35.4 Å². The number of rotatable bonds is 2. The van der Waals surface area contributed by atoms with Crippen LogP contribution >= 0.6 is 0 Å². The maximum absolute atomic E-state index is 11.3. The van der Waals surface area contributed by atoms with E-state index >= 15 is 0 Å². The molecule has 3 heterocycles. The summed E-state index contributed by atoms with van der Waals surface area (Å²) >= 11 is 0. The molecule has 1 amide bonds. The molecule has 0 radical (unpaired) electrons. The molecule has 0 saturated carbocycles. The van der Waals surface area contributed by atoms with Gasteiger partial charge < -0.3 is 15.0 Å². The summed E-state index contributed by atoms with van der Waals surface area (Å²) in [6.07, 6.45) is 1.68. The van der Waals surface area contributed by atoms with Crippen LogP contribution in [0.1, 0.15) is 12.8 Å². The molecule has 8 heteroatoms. The molecule has 2 aromatic rings. The van der Waals surface area contributed by atoms with Gasteiger partial charge in [-0.2, -0.15) is 4.68 Å². The van der Waals surface area contributed by atoms with Gasteiger partial charge in [-0.15, -0.1) is 0 Å². The minimum atomic E-state index is -0.241. The Bertz CT molecular complexity index is 681. The van der Waals surface area contributed by atoms with Gasteiger partial charge in [0.25, 0.3) is 0 Å². The summed E-state index contributed by atoms with van der Waals surface area (Å²) in [7, 11) is 0. The highest BCUT2D eigenvalue weighted by molar-refractivity contribution is 5.78. The number of hydrogen-bond donors (Lipinski definition) is 1. The van der Waals surface area contributed by atoms with Crippen molar-refractivity contribution in [3.63, 3.8) is 0 Å². The van der Waals surface area contributed by atoms with Crippen LogP contribution in [0.15, 0.2) is 30.3 Å². The zero-order chi connectivity index (χ0) is 15.7. The van der Waals surface area contributed by atoms with Crippen LogP contribution in [0.2, 0.25) is 0 Å². The summed E-state index contributed by atoms with van der Waals surface area (Å²) in [4.78, 5) is 13.4. The molecular weight excluding hydrogens is 296 g/mol. The molecule has 8 nitrogen and oxygen atoms in total. The molecule has 1 spiro atoms. The molecule has 2 saturated heterocycles. The lowest BCUT2D eigenvalue weighted by Gasteiger charge is -2.43. The average Bonchev–Trinajstić information content (AvgIpc) is 3.09. The fourth-order valence-corrected chi connectivity index (χ4v) is 3.13. The first-order valence-corrected chi connectivity index (χ1v) is 7.75. The zero-order valence-corrected chi connectivity index (χ0v) is 12.7. The summed E-state index contributed by atoms with van der Waals surface area (Å²) in [5, 5.41) is 15.0. The van der Waals surface area contributed by atoms with Crippen molar-refractivity contribution in [2.24, 2.45) is 0 Å². The molecule has 4 rings (SSSR count). The van der Waals surface area contributed by atoms with Crippen LogP contribution in [-0.4, -0.2) is 58.0 Å². The standard InChI is InChI=1S/C15H18N6O2/c22-13-10-23-15(11-16-13)6-8-20(9-7-15)14-17-18-19-21(14)12-4-2-1-3-5-12/h1-5H,6-11H2,(H,16,22). The molecule has 0 atom stereocenters. The Balaban J connectivity index is 1.49. The van der Waals surface area contributed by atoms with Crippen molar-refractivity contribution in [3.05, 3.63) is 30.3 Å². The summed E-state index contributed by atoms with van der Waals surface area (Å²) in [5.41, 5.74) is 0.698. The lowest BCUT2D eigenvalue weighted by Crippen LogP contribution is -2.57. The SMILES string of the molecule is O=C1COC2(CCN(c3nnnn3-c3ccccc3)CC2)CN1. The van der Waals surface area contributed by atoms with E-state index in [9.17, 15) is 4.79 Å². The number of anilines is 1. The molecule has 120 valence electrons. The van der Waals surface area contributed by atoms with E-state index in [1.54, 1.807) is 4.68 Å². The predicted octanol–water partition coefficient (Wildman–Crippen LogP) is 0.148. The summed E-state index contributed by atoms with van der Waals surface area (Å²) in [6.45, 7) is 2.33. The lowest BCUT2D eigenvalue weighted by atomic mass is 9.90. The fraction of sp³-hybridized carbons (Fsp3) is 0.467. The molecule has 0 aliphatic carbocycles. The molecule has 2 aliphatic rings. The van der Waals surface area contributed by atoms with Gasteiger partial charge >= 0.3 is 0 Å². The first-order valence-electron chi connectivity index (χ1n) is 7.75. The highest BCUT2D eigenvalue weighted by Crippen LogP contribution is 2.29. The summed E-state index contributed by atoms with van der Waals surface area (Å²) in [5.74, 6) is 0.706. The molecule has 23 heavy (non-hydrogen) atoms. The monoisotopic (exact) mass is 314 g/mol. The second kappa shape index (κ2) is 5.62. The third kappa shape index (κ3) is 2.65. The maximum Gasteiger partial charge on any atom is 0.250 e. The van der Waals surface area contributed by atoms with Gasteiger partial charge in [-0.25, -0.2) is 0 Å². The topological polar surface area (TPSA) is 85.2 Å². The highest BCUT2D eigenvalue weighted by atomic mass is 16.5. The van der Waals surface area contributed by atoms with Gasteiger partial charge in [0.15, 0.2) is 0 Å². The number of carbonyl (C=O) groups is 1. The van der Waals surface area contributed by atoms with E-state index in [-0.39, 0.29) is 18.1 Å². The normalized spacial score (nSPS) is 20.5. The number of nitrogens with one attached hydrogen (secondary N) is 1. The van der Waals surface area contributed by atoms with Gasteiger partial charge in [0.05, 0.1) is 11.3 Å². The second-order valence-electron chi connectivity index (χ2n) is 5.96. The predicted molar refractivity (Wildman–Crippen MR) is 82.3 cm³/mol. The first kappa shape index (κ1) is 14.1. The number of morpholine rings is 1. The quantitative estimate of drug-likeness (QED) is 0.849. The highest BCUT2D eigenvalue weighted by Gasteiger charge is 2.39. The molecule has 1 aromatic carbocycles. The van der Waals surface area contributed by atoms with E-state index in [2.05, 4.69) is 25.7 Å². The maximum atomic E-state index is 11.3. The Morgan fingerprint density at radius 1 is 1.17 bits per heavy atom. The number of piperidine rings is 1. The number of hydrogen-bond acceptors (Lipinski definition) is 6. The van der Waals surface area contributed by atoms with Gasteiger partial charge in [0.2, 0.25) is 11.9 Å². The molecular formula is C15H18N6O2. The minimum Gasteiger partial charge on any atom is -0.363 e. The minimum absolute atomic E-state index is 0.0360. The average molecular weight is 314 g/mol. The van der Waals surface area contributed by atoms with Crippen LogP contribution in [0.3, 0.4) is 0 Å². The summed E-state index contributed by atoms with van der Waals surface area (Å²) < 4.78 is 7.55. The van der Waals surface area contributed by atoms with Crippen molar-refractivity contribution in [1.82, 2.24) is 25.5 Å². The molecule has 0 bridgehead atoms. The lowest BCUT2D eigenvalue weighted by molar-refractivity contribution is -0.146.